The minimum atomic E-state index is -1.31. The number of carbonyl (C=O) groups is 2. The highest BCUT2D eigenvalue weighted by Gasteiger charge is 2.49. The Bertz CT molecular complexity index is 514. The number of anilines is 1. The van der Waals surface area contributed by atoms with Crippen molar-refractivity contribution in [3.63, 3.8) is 0 Å². The second kappa shape index (κ2) is 3.89. The van der Waals surface area contributed by atoms with E-state index in [2.05, 4.69) is 6.58 Å². The molecule has 2 rings (SSSR count). The number of amides is 2. The summed E-state index contributed by atoms with van der Waals surface area (Å²) < 4.78 is 4.99. The van der Waals surface area contributed by atoms with E-state index < -0.39 is 17.6 Å². The zero-order valence-corrected chi connectivity index (χ0v) is 9.90. The molecular formula is C12H10ClNO3. The van der Waals surface area contributed by atoms with Crippen molar-refractivity contribution < 1.29 is 14.3 Å². The molecular weight excluding hydrogens is 242 g/mol. The quantitative estimate of drug-likeness (QED) is 0.760. The Balaban J connectivity index is 2.44. The predicted octanol–water partition coefficient (Wildman–Crippen LogP) is 2.77. The third-order valence-electron chi connectivity index (χ3n) is 2.57. The maximum atomic E-state index is 12.0. The van der Waals surface area contributed by atoms with Crippen LogP contribution in [-0.4, -0.2) is 17.6 Å². The normalized spacial score (nSPS) is 23.8. The molecule has 1 atom stereocenters. The fraction of sp³-hybridized carbons (Fsp3) is 0.167. The maximum absolute atomic E-state index is 12.0. The monoisotopic (exact) mass is 251 g/mol. The number of benzene rings is 1. The smallest absolute Gasteiger partial charge is 0.422 e. The molecule has 4 nitrogen and oxygen atoms in total. The standard InChI is InChI=1S/C12H10ClNO3/c1-3-12(2)10(15)14(11(16)17-12)9-6-4-5-8(13)7-9/h3-7H,1H2,2H3. The molecule has 1 unspecified atom stereocenters. The lowest BCUT2D eigenvalue weighted by Crippen LogP contribution is -2.36. The Labute approximate surface area is 103 Å². The van der Waals surface area contributed by atoms with Gasteiger partial charge in [-0.3, -0.25) is 4.79 Å². The molecule has 0 radical (unpaired) electrons. The molecule has 1 saturated heterocycles. The van der Waals surface area contributed by atoms with Gasteiger partial charge in [0.1, 0.15) is 0 Å². The van der Waals surface area contributed by atoms with Gasteiger partial charge >= 0.3 is 6.09 Å². The number of carbonyl (C=O) groups excluding carboxylic acids is 2. The van der Waals surface area contributed by atoms with Crippen molar-refractivity contribution in [2.45, 2.75) is 12.5 Å². The van der Waals surface area contributed by atoms with Crippen LogP contribution >= 0.6 is 11.6 Å². The Kier molecular flexibility index (Phi) is 2.67. The fourth-order valence-corrected chi connectivity index (χ4v) is 1.73. The van der Waals surface area contributed by atoms with Gasteiger partial charge in [0.2, 0.25) is 5.60 Å². The topological polar surface area (TPSA) is 46.6 Å². The van der Waals surface area contributed by atoms with Crippen LogP contribution in [0.1, 0.15) is 6.92 Å². The second-order valence-electron chi connectivity index (χ2n) is 3.80. The largest absolute Gasteiger partial charge is 0.428 e. The van der Waals surface area contributed by atoms with Gasteiger partial charge in [-0.15, -0.1) is 0 Å². The van der Waals surface area contributed by atoms with Crippen LogP contribution in [0.3, 0.4) is 0 Å². The predicted molar refractivity (Wildman–Crippen MR) is 64.0 cm³/mol. The summed E-state index contributed by atoms with van der Waals surface area (Å²) in [6.45, 7) is 4.99. The van der Waals surface area contributed by atoms with Crippen LogP contribution < -0.4 is 4.90 Å². The third-order valence-corrected chi connectivity index (χ3v) is 2.80. The van der Waals surface area contributed by atoms with E-state index in [1.807, 2.05) is 0 Å². The van der Waals surface area contributed by atoms with Crippen LogP contribution in [0.15, 0.2) is 36.9 Å². The first-order valence-electron chi connectivity index (χ1n) is 4.94. The van der Waals surface area contributed by atoms with Gasteiger partial charge in [0, 0.05) is 5.02 Å². The first-order chi connectivity index (χ1) is 7.98. The fourth-order valence-electron chi connectivity index (χ4n) is 1.54. The van der Waals surface area contributed by atoms with Crippen molar-refractivity contribution in [3.8, 4) is 0 Å². The number of cyclic esters (lactones) is 1. The minimum Gasteiger partial charge on any atom is -0.428 e. The average Bonchev–Trinajstić information content (AvgIpc) is 2.50. The summed E-state index contributed by atoms with van der Waals surface area (Å²) in [5, 5.41) is 0.440. The van der Waals surface area contributed by atoms with Gasteiger partial charge in [-0.05, 0) is 31.2 Å². The molecule has 0 aromatic heterocycles. The van der Waals surface area contributed by atoms with Crippen LogP contribution in [-0.2, 0) is 9.53 Å². The summed E-state index contributed by atoms with van der Waals surface area (Å²) in [4.78, 5) is 24.7. The zero-order chi connectivity index (χ0) is 12.6. The maximum Gasteiger partial charge on any atom is 0.422 e. The molecule has 0 bridgehead atoms. The molecule has 0 spiro atoms. The summed E-state index contributed by atoms with van der Waals surface area (Å²) in [6, 6.07) is 6.45. The van der Waals surface area contributed by atoms with Gasteiger partial charge in [0.15, 0.2) is 0 Å². The molecule has 1 aromatic carbocycles. The van der Waals surface area contributed by atoms with Gasteiger partial charge in [0.25, 0.3) is 5.91 Å². The van der Waals surface area contributed by atoms with Gasteiger partial charge in [0.05, 0.1) is 5.69 Å². The first-order valence-corrected chi connectivity index (χ1v) is 5.32. The van der Waals surface area contributed by atoms with Crippen molar-refractivity contribution in [3.05, 3.63) is 41.9 Å². The second-order valence-corrected chi connectivity index (χ2v) is 4.24. The van der Waals surface area contributed by atoms with Crippen molar-refractivity contribution in [2.75, 3.05) is 4.90 Å². The highest BCUT2D eigenvalue weighted by Crippen LogP contribution is 2.31. The van der Waals surface area contributed by atoms with Crippen LogP contribution in [0, 0.1) is 0 Å². The number of imide groups is 1. The molecule has 1 aliphatic rings. The molecule has 1 aromatic rings. The summed E-state index contributed by atoms with van der Waals surface area (Å²) in [6.07, 6.45) is 0.581. The molecule has 1 aliphatic heterocycles. The number of ether oxygens (including phenoxy) is 1. The highest BCUT2D eigenvalue weighted by molar-refractivity contribution is 6.31. The van der Waals surface area contributed by atoms with Gasteiger partial charge in [-0.2, -0.15) is 0 Å². The summed E-state index contributed by atoms with van der Waals surface area (Å²) in [5.74, 6) is -0.472. The molecule has 2 amide bonds. The Morgan fingerprint density at radius 1 is 1.47 bits per heavy atom. The molecule has 17 heavy (non-hydrogen) atoms. The SMILES string of the molecule is C=CC1(C)OC(=O)N(c2cccc(Cl)c2)C1=O. The Morgan fingerprint density at radius 3 is 2.71 bits per heavy atom. The van der Waals surface area contributed by atoms with E-state index in [9.17, 15) is 9.59 Å². The van der Waals surface area contributed by atoms with Crippen molar-refractivity contribution in [1.82, 2.24) is 0 Å². The molecule has 0 N–H and O–H groups in total. The molecule has 0 aliphatic carbocycles. The molecule has 1 fully saturated rings. The van der Waals surface area contributed by atoms with E-state index in [4.69, 9.17) is 16.3 Å². The third kappa shape index (κ3) is 1.80. The molecule has 1 heterocycles. The molecule has 0 saturated carbocycles. The number of nitrogens with zero attached hydrogens (tertiary/aromatic N) is 1. The van der Waals surface area contributed by atoms with Crippen molar-refractivity contribution >= 4 is 29.3 Å². The summed E-state index contributed by atoms with van der Waals surface area (Å²) in [7, 11) is 0. The van der Waals surface area contributed by atoms with E-state index in [-0.39, 0.29) is 0 Å². The number of hydrogen-bond acceptors (Lipinski definition) is 3. The number of halogens is 1. The van der Waals surface area contributed by atoms with Gasteiger partial charge < -0.3 is 4.74 Å². The van der Waals surface area contributed by atoms with Gasteiger partial charge in [-0.1, -0.05) is 24.2 Å². The highest BCUT2D eigenvalue weighted by atomic mass is 35.5. The lowest BCUT2D eigenvalue weighted by atomic mass is 10.1. The number of hydrogen-bond donors (Lipinski definition) is 0. The number of rotatable bonds is 2. The summed E-state index contributed by atoms with van der Waals surface area (Å²) >= 11 is 5.81. The molecule has 5 heteroatoms. The lowest BCUT2D eigenvalue weighted by Gasteiger charge is -2.14. The van der Waals surface area contributed by atoms with Crippen LogP contribution in [0.25, 0.3) is 0 Å². The van der Waals surface area contributed by atoms with E-state index in [1.165, 1.54) is 19.1 Å². The zero-order valence-electron chi connectivity index (χ0n) is 9.14. The minimum absolute atomic E-state index is 0.387. The molecule has 88 valence electrons. The van der Waals surface area contributed by atoms with Crippen LogP contribution in [0.4, 0.5) is 10.5 Å². The average molecular weight is 252 g/mol. The van der Waals surface area contributed by atoms with E-state index >= 15 is 0 Å². The first kappa shape index (κ1) is 11.7. The Morgan fingerprint density at radius 2 is 2.18 bits per heavy atom. The van der Waals surface area contributed by atoms with E-state index in [0.29, 0.717) is 10.7 Å². The van der Waals surface area contributed by atoms with Crippen LogP contribution in [0.2, 0.25) is 5.02 Å². The Hall–Kier alpha value is -1.81. The van der Waals surface area contributed by atoms with Gasteiger partial charge in [-0.25, -0.2) is 9.69 Å². The van der Waals surface area contributed by atoms with Crippen molar-refractivity contribution in [2.24, 2.45) is 0 Å². The van der Waals surface area contributed by atoms with Crippen molar-refractivity contribution in [1.29, 1.82) is 0 Å². The van der Waals surface area contributed by atoms with E-state index in [1.54, 1.807) is 18.2 Å². The van der Waals surface area contributed by atoms with Crippen LogP contribution in [0.5, 0.6) is 0 Å². The lowest BCUT2D eigenvalue weighted by molar-refractivity contribution is -0.125. The summed E-state index contributed by atoms with van der Waals surface area (Å²) in [5.41, 5.74) is -0.919. The van der Waals surface area contributed by atoms with E-state index in [0.717, 1.165) is 4.90 Å².